The molecule has 1 aliphatic carbocycles. The van der Waals surface area contributed by atoms with Gasteiger partial charge in [0.15, 0.2) is 0 Å². The summed E-state index contributed by atoms with van der Waals surface area (Å²) in [6.45, 7) is 10.6. The minimum absolute atomic E-state index is 0.0849. The number of hydrogen-bond donors (Lipinski definition) is 2. The summed E-state index contributed by atoms with van der Waals surface area (Å²) < 4.78 is 0. The van der Waals surface area contributed by atoms with Crippen LogP contribution in [0.2, 0.25) is 0 Å². The maximum atomic E-state index is 11.8. The van der Waals surface area contributed by atoms with Gasteiger partial charge in [0.05, 0.1) is 6.04 Å². The first-order valence-corrected chi connectivity index (χ1v) is 6.96. The maximum Gasteiger partial charge on any atom is 0.237 e. The molecule has 0 aliphatic heterocycles. The SMILES string of the molecule is CC1CCC(NC(C)C(=O)NC(C)C)C(C)C1. The van der Waals surface area contributed by atoms with Gasteiger partial charge in [-0.05, 0) is 51.9 Å². The number of rotatable bonds is 4. The summed E-state index contributed by atoms with van der Waals surface area (Å²) in [4.78, 5) is 11.8. The average Bonchev–Trinajstić information content (AvgIpc) is 2.21. The molecular weight excluding hydrogens is 212 g/mol. The fraction of sp³-hybridized carbons (Fsp3) is 0.929. The van der Waals surface area contributed by atoms with E-state index in [9.17, 15) is 4.79 Å². The summed E-state index contributed by atoms with van der Waals surface area (Å²) in [6.07, 6.45) is 3.75. The second kappa shape index (κ2) is 6.39. The van der Waals surface area contributed by atoms with Crippen LogP contribution in [0.3, 0.4) is 0 Å². The summed E-state index contributed by atoms with van der Waals surface area (Å²) in [7, 11) is 0. The zero-order chi connectivity index (χ0) is 13.0. The van der Waals surface area contributed by atoms with Crippen LogP contribution in [0.5, 0.6) is 0 Å². The Bertz CT molecular complexity index is 253. The molecule has 3 heteroatoms. The molecule has 1 amide bonds. The van der Waals surface area contributed by atoms with Crippen molar-refractivity contribution in [3.63, 3.8) is 0 Å². The third-order valence-corrected chi connectivity index (χ3v) is 3.72. The number of carbonyl (C=O) groups is 1. The molecule has 1 rings (SSSR count). The standard InChI is InChI=1S/C14H28N2O/c1-9(2)15-14(17)12(5)16-13-7-6-10(3)8-11(13)4/h9-13,16H,6-8H2,1-5H3,(H,15,17). The first kappa shape index (κ1) is 14.5. The van der Waals surface area contributed by atoms with Crippen LogP contribution in [0.25, 0.3) is 0 Å². The van der Waals surface area contributed by atoms with E-state index in [-0.39, 0.29) is 18.0 Å². The van der Waals surface area contributed by atoms with Crippen molar-refractivity contribution >= 4 is 5.91 Å². The van der Waals surface area contributed by atoms with Gasteiger partial charge >= 0.3 is 0 Å². The second-order valence-corrected chi connectivity index (χ2v) is 6.05. The van der Waals surface area contributed by atoms with Gasteiger partial charge in [0.1, 0.15) is 0 Å². The third kappa shape index (κ3) is 4.66. The van der Waals surface area contributed by atoms with Crippen LogP contribution in [-0.2, 0) is 4.79 Å². The predicted octanol–water partition coefficient (Wildman–Crippen LogP) is 2.31. The van der Waals surface area contributed by atoms with Crippen LogP contribution in [0.4, 0.5) is 0 Å². The molecule has 0 aromatic rings. The molecular formula is C14H28N2O. The summed E-state index contributed by atoms with van der Waals surface area (Å²) in [6, 6.07) is 0.632. The number of hydrogen-bond acceptors (Lipinski definition) is 2. The van der Waals surface area contributed by atoms with Gasteiger partial charge in [-0.3, -0.25) is 4.79 Å². The Morgan fingerprint density at radius 3 is 2.35 bits per heavy atom. The van der Waals surface area contributed by atoms with Gasteiger partial charge < -0.3 is 10.6 Å². The molecule has 3 nitrogen and oxygen atoms in total. The molecule has 1 aliphatic rings. The van der Waals surface area contributed by atoms with E-state index in [1.165, 1.54) is 19.3 Å². The van der Waals surface area contributed by atoms with Crippen LogP contribution in [0.15, 0.2) is 0 Å². The fourth-order valence-electron chi connectivity index (χ4n) is 2.72. The molecule has 4 atom stereocenters. The van der Waals surface area contributed by atoms with Crippen molar-refractivity contribution in [1.82, 2.24) is 10.6 Å². The molecule has 0 heterocycles. The topological polar surface area (TPSA) is 41.1 Å². The molecule has 0 aromatic heterocycles. The minimum Gasteiger partial charge on any atom is -0.353 e. The van der Waals surface area contributed by atoms with E-state index in [1.807, 2.05) is 20.8 Å². The lowest BCUT2D eigenvalue weighted by atomic mass is 9.79. The monoisotopic (exact) mass is 240 g/mol. The Balaban J connectivity index is 2.40. The van der Waals surface area contributed by atoms with Gasteiger partial charge in [0.25, 0.3) is 0 Å². The minimum atomic E-state index is -0.0849. The van der Waals surface area contributed by atoms with E-state index in [4.69, 9.17) is 0 Å². The first-order chi connectivity index (χ1) is 7.90. The Morgan fingerprint density at radius 2 is 1.82 bits per heavy atom. The van der Waals surface area contributed by atoms with Crippen LogP contribution in [0, 0.1) is 11.8 Å². The molecule has 1 fully saturated rings. The zero-order valence-electron chi connectivity index (χ0n) is 11.9. The molecule has 0 radical (unpaired) electrons. The lowest BCUT2D eigenvalue weighted by Gasteiger charge is -2.35. The quantitative estimate of drug-likeness (QED) is 0.792. The normalized spacial score (nSPS) is 31.3. The zero-order valence-corrected chi connectivity index (χ0v) is 11.9. The molecule has 0 spiro atoms. The van der Waals surface area contributed by atoms with E-state index in [2.05, 4.69) is 24.5 Å². The van der Waals surface area contributed by atoms with E-state index in [0.29, 0.717) is 12.0 Å². The summed E-state index contributed by atoms with van der Waals surface area (Å²) in [5.74, 6) is 1.63. The van der Waals surface area contributed by atoms with Crippen LogP contribution in [0.1, 0.15) is 53.9 Å². The smallest absolute Gasteiger partial charge is 0.237 e. The molecule has 100 valence electrons. The van der Waals surface area contributed by atoms with Gasteiger partial charge in [-0.15, -0.1) is 0 Å². The van der Waals surface area contributed by atoms with E-state index >= 15 is 0 Å². The van der Waals surface area contributed by atoms with Crippen molar-refractivity contribution in [1.29, 1.82) is 0 Å². The van der Waals surface area contributed by atoms with Gasteiger partial charge in [-0.2, -0.15) is 0 Å². The van der Waals surface area contributed by atoms with Crippen molar-refractivity contribution < 1.29 is 4.79 Å². The molecule has 0 aromatic carbocycles. The summed E-state index contributed by atoms with van der Waals surface area (Å²) in [5.41, 5.74) is 0. The molecule has 17 heavy (non-hydrogen) atoms. The van der Waals surface area contributed by atoms with Gasteiger partial charge in [0.2, 0.25) is 5.91 Å². The van der Waals surface area contributed by atoms with Crippen LogP contribution >= 0.6 is 0 Å². The van der Waals surface area contributed by atoms with Crippen molar-refractivity contribution in [3.05, 3.63) is 0 Å². The predicted molar refractivity (Wildman–Crippen MR) is 71.8 cm³/mol. The molecule has 4 unspecified atom stereocenters. The van der Waals surface area contributed by atoms with Crippen molar-refractivity contribution in [2.75, 3.05) is 0 Å². The second-order valence-electron chi connectivity index (χ2n) is 6.05. The summed E-state index contributed by atoms with van der Waals surface area (Å²) in [5, 5.41) is 6.44. The van der Waals surface area contributed by atoms with Crippen LogP contribution < -0.4 is 10.6 Å². The molecule has 0 bridgehead atoms. The van der Waals surface area contributed by atoms with Crippen molar-refractivity contribution in [3.8, 4) is 0 Å². The lowest BCUT2D eigenvalue weighted by Crippen LogP contribution is -2.51. The molecule has 1 saturated carbocycles. The Morgan fingerprint density at radius 1 is 1.18 bits per heavy atom. The lowest BCUT2D eigenvalue weighted by molar-refractivity contribution is -0.123. The van der Waals surface area contributed by atoms with Gasteiger partial charge in [-0.25, -0.2) is 0 Å². The third-order valence-electron chi connectivity index (χ3n) is 3.72. The van der Waals surface area contributed by atoms with Gasteiger partial charge in [-0.1, -0.05) is 13.8 Å². The average molecular weight is 240 g/mol. The number of amides is 1. The maximum absolute atomic E-state index is 11.8. The van der Waals surface area contributed by atoms with E-state index < -0.39 is 0 Å². The molecule has 0 saturated heterocycles. The fourth-order valence-corrected chi connectivity index (χ4v) is 2.72. The summed E-state index contributed by atoms with van der Waals surface area (Å²) >= 11 is 0. The Labute approximate surface area is 106 Å². The highest BCUT2D eigenvalue weighted by molar-refractivity contribution is 5.81. The molecule has 2 N–H and O–H groups in total. The number of nitrogens with one attached hydrogen (secondary N) is 2. The highest BCUT2D eigenvalue weighted by Gasteiger charge is 2.27. The Kier molecular flexibility index (Phi) is 5.44. The van der Waals surface area contributed by atoms with E-state index in [1.54, 1.807) is 0 Å². The number of carbonyl (C=O) groups excluding carboxylic acids is 1. The highest BCUT2D eigenvalue weighted by Crippen LogP contribution is 2.28. The highest BCUT2D eigenvalue weighted by atomic mass is 16.2. The largest absolute Gasteiger partial charge is 0.353 e. The van der Waals surface area contributed by atoms with Gasteiger partial charge in [0, 0.05) is 12.1 Å². The van der Waals surface area contributed by atoms with Crippen molar-refractivity contribution in [2.24, 2.45) is 11.8 Å². The Hall–Kier alpha value is -0.570. The first-order valence-electron chi connectivity index (χ1n) is 6.96. The van der Waals surface area contributed by atoms with Crippen LogP contribution in [-0.4, -0.2) is 24.0 Å². The van der Waals surface area contributed by atoms with Crippen molar-refractivity contribution in [2.45, 2.75) is 72.0 Å². The van der Waals surface area contributed by atoms with E-state index in [0.717, 1.165) is 5.92 Å².